The van der Waals surface area contributed by atoms with E-state index in [1.807, 2.05) is 31.2 Å². The summed E-state index contributed by atoms with van der Waals surface area (Å²) in [5.74, 6) is 0. The third-order valence-corrected chi connectivity index (χ3v) is 7.67. The van der Waals surface area contributed by atoms with E-state index in [4.69, 9.17) is 0 Å². The highest BCUT2D eigenvalue weighted by Gasteiger charge is 2.36. The van der Waals surface area contributed by atoms with E-state index in [0.29, 0.717) is 17.0 Å². The van der Waals surface area contributed by atoms with Crippen LogP contribution < -0.4 is 9.86 Å². The molecule has 3 heterocycles. The molecule has 4 rings (SSSR count). The summed E-state index contributed by atoms with van der Waals surface area (Å²) in [6, 6.07) is 13.7. The quantitative estimate of drug-likeness (QED) is 0.765. The summed E-state index contributed by atoms with van der Waals surface area (Å²) in [6.07, 6.45) is 0.703. The zero-order valence-electron chi connectivity index (χ0n) is 13.3. The summed E-state index contributed by atoms with van der Waals surface area (Å²) < 4.78 is 28.1. The van der Waals surface area contributed by atoms with Crippen LogP contribution in [0.5, 0.6) is 0 Å². The number of sulfonamides is 1. The van der Waals surface area contributed by atoms with E-state index in [1.165, 1.54) is 10.4 Å². The maximum atomic E-state index is 13.2. The van der Waals surface area contributed by atoms with Crippen molar-refractivity contribution in [3.05, 3.63) is 64.4 Å². The van der Waals surface area contributed by atoms with E-state index in [1.54, 1.807) is 18.2 Å². The van der Waals surface area contributed by atoms with Crippen molar-refractivity contribution in [1.29, 1.82) is 0 Å². The Hall–Kier alpha value is -2.45. The Kier molecular flexibility index (Phi) is 3.73. The average molecular weight is 373 g/mol. The van der Waals surface area contributed by atoms with E-state index >= 15 is 0 Å². The SMILES string of the molecule is CC1Cc2ccccc2N1S(=O)(=O)c1ccc(-c2ccc(=O)[nH]n2)s1. The van der Waals surface area contributed by atoms with Crippen molar-refractivity contribution in [3.63, 3.8) is 0 Å². The maximum Gasteiger partial charge on any atom is 0.274 e. The third kappa shape index (κ3) is 2.67. The van der Waals surface area contributed by atoms with Crippen LogP contribution in [0, 0.1) is 0 Å². The van der Waals surface area contributed by atoms with Crippen molar-refractivity contribution < 1.29 is 8.42 Å². The summed E-state index contributed by atoms with van der Waals surface area (Å²) in [7, 11) is -3.64. The van der Waals surface area contributed by atoms with Crippen LogP contribution in [0.25, 0.3) is 10.6 Å². The predicted molar refractivity (Wildman–Crippen MR) is 97.4 cm³/mol. The zero-order chi connectivity index (χ0) is 17.6. The monoisotopic (exact) mass is 373 g/mol. The summed E-state index contributed by atoms with van der Waals surface area (Å²) >= 11 is 1.15. The Morgan fingerprint density at radius 3 is 2.72 bits per heavy atom. The van der Waals surface area contributed by atoms with Gasteiger partial charge in [0.2, 0.25) is 0 Å². The number of benzene rings is 1. The first-order chi connectivity index (χ1) is 12.0. The smallest absolute Gasteiger partial charge is 0.268 e. The molecule has 0 aliphatic carbocycles. The van der Waals surface area contributed by atoms with E-state index < -0.39 is 10.0 Å². The van der Waals surface area contributed by atoms with Crippen molar-refractivity contribution in [3.8, 4) is 10.6 Å². The zero-order valence-corrected chi connectivity index (χ0v) is 15.0. The number of nitrogens with zero attached hydrogens (tertiary/aromatic N) is 2. The number of aromatic amines is 1. The second-order valence-corrected chi connectivity index (χ2v) is 9.03. The molecular weight excluding hydrogens is 358 g/mol. The molecule has 1 aromatic carbocycles. The van der Waals surface area contributed by atoms with Gasteiger partial charge in [-0.25, -0.2) is 13.5 Å². The van der Waals surface area contributed by atoms with Gasteiger partial charge in [-0.15, -0.1) is 11.3 Å². The molecule has 8 heteroatoms. The van der Waals surface area contributed by atoms with E-state index in [-0.39, 0.29) is 15.8 Å². The Bertz CT molecular complexity index is 1080. The van der Waals surface area contributed by atoms with Gasteiger partial charge >= 0.3 is 0 Å². The molecule has 0 saturated carbocycles. The molecule has 2 aromatic heterocycles. The third-order valence-electron chi connectivity index (χ3n) is 4.17. The molecule has 0 spiro atoms. The largest absolute Gasteiger partial charge is 0.274 e. The highest BCUT2D eigenvalue weighted by atomic mass is 32.2. The summed E-state index contributed by atoms with van der Waals surface area (Å²) in [6.45, 7) is 1.91. The molecule has 25 heavy (non-hydrogen) atoms. The molecule has 1 unspecified atom stereocenters. The summed E-state index contributed by atoms with van der Waals surface area (Å²) in [5.41, 5.74) is 2.03. The second-order valence-electron chi connectivity index (χ2n) is 5.91. The molecule has 1 N–H and O–H groups in total. The molecule has 3 aromatic rings. The second kappa shape index (κ2) is 5.82. The molecule has 1 aliphatic heterocycles. The van der Waals surface area contributed by atoms with E-state index in [0.717, 1.165) is 22.6 Å². The number of anilines is 1. The normalized spacial score (nSPS) is 16.8. The van der Waals surface area contributed by atoms with Crippen LogP contribution in [0.1, 0.15) is 12.5 Å². The first-order valence-electron chi connectivity index (χ1n) is 7.75. The molecule has 0 radical (unpaired) electrons. The fourth-order valence-electron chi connectivity index (χ4n) is 3.08. The van der Waals surface area contributed by atoms with Crippen LogP contribution >= 0.6 is 11.3 Å². The molecule has 0 fully saturated rings. The van der Waals surface area contributed by atoms with Crippen molar-refractivity contribution in [2.24, 2.45) is 0 Å². The standard InChI is InChI=1S/C17H15N3O3S2/c1-11-10-12-4-2-3-5-14(12)20(11)25(22,23)17-9-7-15(24-17)13-6-8-16(21)19-18-13/h2-9,11H,10H2,1H3,(H,19,21). The first kappa shape index (κ1) is 16.0. The van der Waals surface area contributed by atoms with Gasteiger partial charge in [0.05, 0.1) is 10.6 Å². The topological polar surface area (TPSA) is 83.1 Å². The number of aromatic nitrogens is 2. The van der Waals surface area contributed by atoms with Crippen LogP contribution in [0.2, 0.25) is 0 Å². The Balaban J connectivity index is 1.75. The van der Waals surface area contributed by atoms with Crippen molar-refractivity contribution in [1.82, 2.24) is 10.2 Å². The van der Waals surface area contributed by atoms with Crippen LogP contribution in [-0.4, -0.2) is 24.7 Å². The minimum Gasteiger partial charge on any atom is -0.268 e. The van der Waals surface area contributed by atoms with Gasteiger partial charge in [0.25, 0.3) is 15.6 Å². The molecule has 0 amide bonds. The number of hydrogen-bond acceptors (Lipinski definition) is 5. The van der Waals surface area contributed by atoms with Gasteiger partial charge in [0.1, 0.15) is 9.90 Å². The molecule has 0 saturated heterocycles. The van der Waals surface area contributed by atoms with Crippen LogP contribution in [0.3, 0.4) is 0 Å². The lowest BCUT2D eigenvalue weighted by molar-refractivity contribution is 0.586. The minimum absolute atomic E-state index is 0.126. The molecule has 1 aliphatic rings. The average Bonchev–Trinajstić information content (AvgIpc) is 3.19. The number of hydrogen-bond donors (Lipinski definition) is 1. The molecule has 1 atom stereocenters. The molecule has 128 valence electrons. The van der Waals surface area contributed by atoms with Crippen molar-refractivity contribution in [2.45, 2.75) is 23.6 Å². The van der Waals surface area contributed by atoms with Gasteiger partial charge in [-0.2, -0.15) is 5.10 Å². The van der Waals surface area contributed by atoms with Gasteiger partial charge in [0.15, 0.2) is 0 Å². The number of nitrogens with one attached hydrogen (secondary N) is 1. The van der Waals surface area contributed by atoms with E-state index in [9.17, 15) is 13.2 Å². The molecule has 6 nitrogen and oxygen atoms in total. The lowest BCUT2D eigenvalue weighted by Gasteiger charge is -2.23. The maximum absolute atomic E-state index is 13.2. The first-order valence-corrected chi connectivity index (χ1v) is 10.0. The van der Waals surface area contributed by atoms with Crippen LogP contribution in [0.15, 0.2) is 57.5 Å². The number of rotatable bonds is 3. The van der Waals surface area contributed by atoms with Crippen molar-refractivity contribution >= 4 is 27.0 Å². The molecular formula is C17H15N3O3S2. The van der Waals surface area contributed by atoms with Crippen LogP contribution in [-0.2, 0) is 16.4 Å². The molecule has 0 bridgehead atoms. The number of para-hydroxylation sites is 1. The van der Waals surface area contributed by atoms with E-state index in [2.05, 4.69) is 10.2 Å². The Morgan fingerprint density at radius 1 is 1.16 bits per heavy atom. The number of thiophene rings is 1. The van der Waals surface area contributed by atoms with Gasteiger partial charge in [-0.3, -0.25) is 9.10 Å². The lowest BCUT2D eigenvalue weighted by atomic mass is 10.1. The lowest BCUT2D eigenvalue weighted by Crippen LogP contribution is -2.35. The van der Waals surface area contributed by atoms with Gasteiger partial charge < -0.3 is 0 Å². The fourth-order valence-corrected chi connectivity index (χ4v) is 6.14. The van der Waals surface area contributed by atoms with Gasteiger partial charge in [-0.1, -0.05) is 18.2 Å². The Labute approximate surface area is 148 Å². The number of fused-ring (bicyclic) bond motifs is 1. The fraction of sp³-hybridized carbons (Fsp3) is 0.176. The van der Waals surface area contributed by atoms with Gasteiger partial charge in [0, 0.05) is 12.1 Å². The van der Waals surface area contributed by atoms with Crippen LogP contribution in [0.4, 0.5) is 5.69 Å². The predicted octanol–water partition coefficient (Wildman–Crippen LogP) is 2.64. The van der Waals surface area contributed by atoms with Gasteiger partial charge in [-0.05, 0) is 43.2 Å². The highest BCUT2D eigenvalue weighted by Crippen LogP contribution is 2.39. The Morgan fingerprint density at radius 2 is 1.96 bits per heavy atom. The van der Waals surface area contributed by atoms with Crippen molar-refractivity contribution in [2.75, 3.05) is 4.31 Å². The minimum atomic E-state index is -3.64. The summed E-state index contributed by atoms with van der Waals surface area (Å²) in [5, 5.41) is 6.32. The number of H-pyrrole nitrogens is 1. The summed E-state index contributed by atoms with van der Waals surface area (Å²) in [4.78, 5) is 11.8. The highest BCUT2D eigenvalue weighted by molar-refractivity contribution is 7.94.